The van der Waals surface area contributed by atoms with Crippen LogP contribution in [-0.2, 0) is 21.7 Å². The molecule has 0 spiro atoms. The van der Waals surface area contributed by atoms with Gasteiger partial charge in [0.2, 0.25) is 0 Å². The molecule has 2 saturated heterocycles. The van der Waals surface area contributed by atoms with Crippen LogP contribution in [0.4, 0.5) is 0 Å². The van der Waals surface area contributed by atoms with E-state index in [4.69, 9.17) is 0 Å². The van der Waals surface area contributed by atoms with Crippen LogP contribution in [0.5, 0.6) is 0 Å². The van der Waals surface area contributed by atoms with E-state index in [0.29, 0.717) is 0 Å². The van der Waals surface area contributed by atoms with Gasteiger partial charge in [-0.15, -0.1) is 0 Å². The smallest absolute Gasteiger partial charge is 1.00 e. The molecule has 2 aliphatic heterocycles. The number of rotatable bonds is 8. The Morgan fingerprint density at radius 1 is 0.710 bits per heavy atom. The van der Waals surface area contributed by atoms with Crippen molar-refractivity contribution in [2.45, 2.75) is 102 Å². The van der Waals surface area contributed by atoms with Crippen LogP contribution < -0.4 is 35.2 Å². The fourth-order valence-electron chi connectivity index (χ4n) is 5.39. The van der Waals surface area contributed by atoms with E-state index in [-0.39, 0.29) is 46.5 Å². The molecule has 31 heavy (non-hydrogen) atoms. The second kappa shape index (κ2) is 14.6. The van der Waals surface area contributed by atoms with Gasteiger partial charge < -0.3 is 24.8 Å². The summed E-state index contributed by atoms with van der Waals surface area (Å²) in [6, 6.07) is 23.7. The summed E-state index contributed by atoms with van der Waals surface area (Å²) >= 11 is 0. The Bertz CT molecular complexity index is 667. The Morgan fingerprint density at radius 3 is 1.26 bits per heavy atom. The summed E-state index contributed by atoms with van der Waals surface area (Å²) in [6.45, 7) is 9.09. The summed E-state index contributed by atoms with van der Waals surface area (Å²) in [5.41, 5.74) is 2.94. The zero-order valence-corrected chi connectivity index (χ0v) is 25.3. The van der Waals surface area contributed by atoms with Crippen molar-refractivity contribution in [1.29, 1.82) is 0 Å². The Labute approximate surface area is 221 Å². The van der Waals surface area contributed by atoms with Gasteiger partial charge in [-0.3, -0.25) is 0 Å². The van der Waals surface area contributed by atoms with Gasteiger partial charge in [0.25, 0.3) is 0 Å². The van der Waals surface area contributed by atoms with Gasteiger partial charge in [0.05, 0.1) is 0 Å². The molecular weight excluding hydrogens is 487 g/mol. The second-order valence-electron chi connectivity index (χ2n) is 9.83. The minimum absolute atomic E-state index is 0. The second-order valence-corrected chi connectivity index (χ2v) is 19.1. The molecule has 0 saturated carbocycles. The van der Waals surface area contributed by atoms with Crippen molar-refractivity contribution in [3.05, 3.63) is 47.5 Å². The van der Waals surface area contributed by atoms with Gasteiger partial charge in [-0.2, -0.15) is 35.4 Å². The minimum Gasteiger partial charge on any atom is -1.00 e. The van der Waals surface area contributed by atoms with Gasteiger partial charge in [-0.25, -0.2) is 22.5 Å². The fraction of sp³-hybridized carbons (Fsp3) is 0.615. The van der Waals surface area contributed by atoms with E-state index in [0.717, 1.165) is 0 Å². The number of aryl methyl sites for hydroxylation is 2. The molecule has 4 rings (SSSR count). The van der Waals surface area contributed by atoms with Crippen LogP contribution in [0.2, 0.25) is 36.3 Å². The Balaban J connectivity index is 0.000000529. The summed E-state index contributed by atoms with van der Waals surface area (Å²) in [5.74, 6) is 0. The SMILES string of the molecule is CCCC[Si]1(c2cc[c-](C)c2)CCC1.CCCC[Si]1(c2cc[c-](C)c2)CCC1.[Cl-].[Cl-].[Ti+4]. The maximum Gasteiger partial charge on any atom is 4.00 e. The number of halogens is 2. The molecule has 0 N–H and O–H groups in total. The van der Waals surface area contributed by atoms with Crippen LogP contribution in [0.15, 0.2) is 36.4 Å². The van der Waals surface area contributed by atoms with Crippen molar-refractivity contribution in [1.82, 2.24) is 0 Å². The van der Waals surface area contributed by atoms with Crippen LogP contribution in [0.1, 0.15) is 63.5 Å². The van der Waals surface area contributed by atoms with Crippen molar-refractivity contribution in [3.63, 3.8) is 0 Å². The number of hydrogen-bond acceptors (Lipinski definition) is 0. The van der Waals surface area contributed by atoms with Crippen molar-refractivity contribution >= 4 is 26.5 Å². The van der Waals surface area contributed by atoms with Crippen molar-refractivity contribution < 1.29 is 46.5 Å². The molecule has 0 aromatic heterocycles. The molecule has 0 atom stereocenters. The van der Waals surface area contributed by atoms with Gasteiger partial charge in [-0.05, 0) is 0 Å². The summed E-state index contributed by atoms with van der Waals surface area (Å²) in [4.78, 5) is 0. The van der Waals surface area contributed by atoms with Crippen LogP contribution in [0.3, 0.4) is 0 Å². The summed E-state index contributed by atoms with van der Waals surface area (Å²) in [5, 5.41) is 3.52. The first-order valence-corrected chi connectivity index (χ1v) is 17.3. The van der Waals surface area contributed by atoms with Crippen LogP contribution in [0.25, 0.3) is 0 Å². The molecule has 0 nitrogen and oxygen atoms in total. The Morgan fingerprint density at radius 2 is 1.06 bits per heavy atom. The maximum absolute atomic E-state index is 2.46. The third kappa shape index (κ3) is 7.72. The molecule has 0 amide bonds. The summed E-state index contributed by atoms with van der Waals surface area (Å²) in [7, 11) is -1.84. The first-order valence-electron chi connectivity index (χ1n) is 12.0. The number of unbranched alkanes of at least 4 members (excludes halogenated alkanes) is 2. The Hall–Kier alpha value is 0.428. The van der Waals surface area contributed by atoms with Gasteiger partial charge >= 0.3 is 21.7 Å². The predicted octanol–water partition coefficient (Wildman–Crippen LogP) is 1.15. The molecule has 2 fully saturated rings. The van der Waals surface area contributed by atoms with Crippen molar-refractivity contribution in [3.8, 4) is 0 Å². The monoisotopic (exact) mass is 528 g/mol. The van der Waals surface area contributed by atoms with E-state index in [1.54, 1.807) is 46.6 Å². The predicted molar refractivity (Wildman–Crippen MR) is 132 cm³/mol. The molecule has 2 aromatic carbocycles. The molecule has 2 heterocycles. The fourth-order valence-corrected chi connectivity index (χ4v) is 14.5. The van der Waals surface area contributed by atoms with Crippen molar-refractivity contribution in [2.75, 3.05) is 0 Å². The van der Waals surface area contributed by atoms with Gasteiger partial charge in [-0.1, -0.05) is 102 Å². The number of hydrogen-bond donors (Lipinski definition) is 0. The third-order valence-electron chi connectivity index (χ3n) is 7.68. The van der Waals surface area contributed by atoms with Gasteiger partial charge in [0, 0.05) is 16.1 Å². The first-order chi connectivity index (χ1) is 13.5. The largest absolute Gasteiger partial charge is 4.00 e. The summed E-state index contributed by atoms with van der Waals surface area (Å²) < 4.78 is 0. The first kappa shape index (κ1) is 31.4. The van der Waals surface area contributed by atoms with Crippen LogP contribution in [0, 0.1) is 13.8 Å². The normalized spacial score (nSPS) is 17.4. The average molecular weight is 530 g/mol. The van der Waals surface area contributed by atoms with Gasteiger partial charge in [0.15, 0.2) is 0 Å². The molecule has 2 aliphatic rings. The molecule has 172 valence electrons. The zero-order chi connectivity index (χ0) is 20.0. The topological polar surface area (TPSA) is 0 Å². The maximum atomic E-state index is 2.46. The molecule has 0 unspecified atom stereocenters. The van der Waals surface area contributed by atoms with Crippen LogP contribution in [-0.4, -0.2) is 16.1 Å². The molecule has 2 aromatic rings. The quantitative estimate of drug-likeness (QED) is 0.356. The summed E-state index contributed by atoms with van der Waals surface area (Å²) in [6.07, 6.45) is 8.65. The van der Waals surface area contributed by atoms with Crippen molar-refractivity contribution in [2.24, 2.45) is 0 Å². The third-order valence-corrected chi connectivity index (χ3v) is 18.6. The van der Waals surface area contributed by atoms with Crippen LogP contribution >= 0.6 is 0 Å². The Kier molecular flexibility index (Phi) is 14.8. The van der Waals surface area contributed by atoms with E-state index in [1.165, 1.54) is 49.7 Å². The molecule has 5 heteroatoms. The standard InChI is InChI=1S/2C13H21Si.2ClH.Ti/c2*1-3-4-8-14(9-5-10-14)13-7-6-12(2)11-13;;;/h2*6-7,11H,3-5,8-10H2,1-2H3;2*1H;/q2*-1;;;+4/p-2. The van der Waals surface area contributed by atoms with Gasteiger partial charge in [0.1, 0.15) is 0 Å². The average Bonchev–Trinajstić information content (AvgIpc) is 3.23. The zero-order valence-electron chi connectivity index (χ0n) is 20.2. The molecule has 0 radical (unpaired) electrons. The van der Waals surface area contributed by atoms with E-state index in [1.807, 2.05) is 0 Å². The molecule has 0 bridgehead atoms. The molecular formula is C26H42Cl2Si2Ti. The van der Waals surface area contributed by atoms with E-state index >= 15 is 0 Å². The van der Waals surface area contributed by atoms with E-state index in [9.17, 15) is 0 Å². The molecule has 0 aliphatic carbocycles. The minimum atomic E-state index is -0.919. The van der Waals surface area contributed by atoms with E-state index < -0.39 is 16.1 Å². The van der Waals surface area contributed by atoms with E-state index in [2.05, 4.69) is 64.1 Å².